The van der Waals surface area contributed by atoms with Gasteiger partial charge in [0.15, 0.2) is 0 Å². The molecule has 2 aliphatic rings. The molecule has 0 radical (unpaired) electrons. The molecule has 0 aromatic heterocycles. The highest BCUT2D eigenvalue weighted by Gasteiger charge is 2.45. The van der Waals surface area contributed by atoms with E-state index in [-0.39, 0.29) is 29.7 Å². The minimum Gasteiger partial charge on any atom is -0.383 e. The van der Waals surface area contributed by atoms with Crippen LogP contribution in [0, 0.1) is 18.2 Å². The number of amides is 4. The average Bonchev–Trinajstić information content (AvgIpc) is 2.83. The van der Waals surface area contributed by atoms with E-state index in [4.69, 9.17) is 6.42 Å². The van der Waals surface area contributed by atoms with Gasteiger partial charge in [-0.25, -0.2) is 4.39 Å². The Balaban J connectivity index is 1.84. The summed E-state index contributed by atoms with van der Waals surface area (Å²) in [5.74, 6) is -0.769. The van der Waals surface area contributed by atoms with Gasteiger partial charge in [0.2, 0.25) is 11.8 Å². The molecule has 0 saturated carbocycles. The van der Waals surface area contributed by atoms with Crippen molar-refractivity contribution in [3.8, 4) is 12.3 Å². The molecule has 0 aliphatic carbocycles. The molecule has 1 fully saturated rings. The van der Waals surface area contributed by atoms with Crippen LogP contribution in [0.3, 0.4) is 0 Å². The number of benzene rings is 1. The van der Waals surface area contributed by atoms with Crippen LogP contribution in [0.5, 0.6) is 0 Å². The number of fused-ring (bicyclic) bond motifs is 1. The minimum absolute atomic E-state index is 0.0279. The van der Waals surface area contributed by atoms with Gasteiger partial charge in [-0.2, -0.15) is 0 Å². The van der Waals surface area contributed by atoms with E-state index < -0.39 is 35.5 Å². The molecule has 1 aromatic rings. The number of hydrogen-bond donors (Lipinski definition) is 2. The molecule has 134 valence electrons. The first-order valence-corrected chi connectivity index (χ1v) is 8.16. The van der Waals surface area contributed by atoms with E-state index in [9.17, 15) is 23.6 Å². The number of imide groups is 2. The van der Waals surface area contributed by atoms with Crippen LogP contribution in [0.25, 0.3) is 0 Å². The molecule has 4 amide bonds. The van der Waals surface area contributed by atoms with Crippen LogP contribution in [0.1, 0.15) is 46.4 Å². The molecule has 0 bridgehead atoms. The van der Waals surface area contributed by atoms with Gasteiger partial charge in [0.1, 0.15) is 11.9 Å². The smallest absolute Gasteiger partial charge is 0.262 e. The fourth-order valence-electron chi connectivity index (χ4n) is 3.04. The molecule has 7 nitrogen and oxygen atoms in total. The summed E-state index contributed by atoms with van der Waals surface area (Å²) in [6.45, 7) is 0.416. The Labute approximate surface area is 148 Å². The van der Waals surface area contributed by atoms with Crippen LogP contribution in [0.2, 0.25) is 0 Å². The summed E-state index contributed by atoms with van der Waals surface area (Å²) in [7, 11) is 0. The quantitative estimate of drug-likeness (QED) is 0.467. The lowest BCUT2D eigenvalue weighted by Crippen LogP contribution is -2.54. The number of halogens is 1. The summed E-state index contributed by atoms with van der Waals surface area (Å²) >= 11 is 0. The van der Waals surface area contributed by atoms with Crippen molar-refractivity contribution < 1.29 is 23.6 Å². The zero-order valence-corrected chi connectivity index (χ0v) is 13.8. The van der Waals surface area contributed by atoms with E-state index in [2.05, 4.69) is 16.6 Å². The monoisotopic (exact) mass is 357 g/mol. The summed E-state index contributed by atoms with van der Waals surface area (Å²) in [6.07, 6.45) is 6.39. The number of carbonyl (C=O) groups is 4. The van der Waals surface area contributed by atoms with Crippen molar-refractivity contribution >= 4 is 29.3 Å². The Morgan fingerprint density at radius 2 is 1.92 bits per heavy atom. The van der Waals surface area contributed by atoms with Crippen molar-refractivity contribution in [2.75, 3.05) is 11.9 Å². The summed E-state index contributed by atoms with van der Waals surface area (Å²) < 4.78 is 14.2. The molecule has 1 saturated heterocycles. The minimum atomic E-state index is -1.07. The molecule has 0 spiro atoms. The predicted octanol–water partition coefficient (Wildman–Crippen LogP) is 1.05. The van der Waals surface area contributed by atoms with Crippen LogP contribution in [-0.4, -0.2) is 41.1 Å². The lowest BCUT2D eigenvalue weighted by molar-refractivity contribution is -0.136. The number of unbranched alkanes of at least 4 members (excludes halogenated alkanes) is 1. The number of anilines is 1. The first-order chi connectivity index (χ1) is 12.4. The highest BCUT2D eigenvalue weighted by atomic mass is 19.1. The molecule has 1 unspecified atom stereocenters. The maximum atomic E-state index is 14.2. The van der Waals surface area contributed by atoms with Crippen LogP contribution in [0.15, 0.2) is 12.1 Å². The standard InChI is InChI=1S/C18H16FN3O4/c1-2-3-4-7-20-13-9-11-10(8-12(13)19)17(25)22(18(11)26)14-5-6-15(23)21-16(14)24/h1,8-9,14,20H,3-7H2,(H,21,23,24). The normalized spacial score (nSPS) is 19.2. The van der Waals surface area contributed by atoms with Gasteiger partial charge in [0.05, 0.1) is 16.8 Å². The Hall–Kier alpha value is -3.21. The van der Waals surface area contributed by atoms with Crippen molar-refractivity contribution in [3.05, 3.63) is 29.1 Å². The Morgan fingerprint density at radius 3 is 2.58 bits per heavy atom. The van der Waals surface area contributed by atoms with Crippen LogP contribution in [0.4, 0.5) is 10.1 Å². The third kappa shape index (κ3) is 3.04. The Morgan fingerprint density at radius 1 is 1.23 bits per heavy atom. The number of hydrogen-bond acceptors (Lipinski definition) is 5. The van der Waals surface area contributed by atoms with Crippen LogP contribution >= 0.6 is 0 Å². The summed E-state index contributed by atoms with van der Waals surface area (Å²) in [5.41, 5.74) is 0.0268. The number of carbonyl (C=O) groups excluding carboxylic acids is 4. The fraction of sp³-hybridized carbons (Fsp3) is 0.333. The molecule has 2 heterocycles. The van der Waals surface area contributed by atoms with Gasteiger partial charge in [0.25, 0.3) is 11.8 Å². The number of piperidine rings is 1. The van der Waals surface area contributed by atoms with E-state index in [1.54, 1.807) is 0 Å². The van der Waals surface area contributed by atoms with Gasteiger partial charge in [-0.1, -0.05) is 0 Å². The topological polar surface area (TPSA) is 95.6 Å². The van der Waals surface area contributed by atoms with Gasteiger partial charge in [0, 0.05) is 19.4 Å². The average molecular weight is 357 g/mol. The molecular weight excluding hydrogens is 341 g/mol. The number of rotatable bonds is 5. The zero-order valence-electron chi connectivity index (χ0n) is 13.8. The van der Waals surface area contributed by atoms with Crippen LogP contribution < -0.4 is 10.6 Å². The molecule has 1 aromatic carbocycles. The van der Waals surface area contributed by atoms with E-state index in [0.717, 1.165) is 11.0 Å². The SMILES string of the molecule is C#CCCCNc1cc2c(cc1F)C(=O)N(C1CCC(=O)NC1=O)C2=O. The maximum absolute atomic E-state index is 14.2. The number of nitrogens with one attached hydrogen (secondary N) is 2. The second-order valence-corrected chi connectivity index (χ2v) is 6.06. The molecule has 3 rings (SSSR count). The van der Waals surface area contributed by atoms with Crippen molar-refractivity contribution in [1.29, 1.82) is 0 Å². The van der Waals surface area contributed by atoms with Gasteiger partial charge in [-0.15, -0.1) is 12.3 Å². The third-order valence-corrected chi connectivity index (χ3v) is 4.34. The summed E-state index contributed by atoms with van der Waals surface area (Å²) in [6, 6.07) is 1.19. The van der Waals surface area contributed by atoms with E-state index in [0.29, 0.717) is 19.4 Å². The Bertz CT molecular complexity index is 859. The Kier molecular flexibility index (Phi) is 4.71. The van der Waals surface area contributed by atoms with Crippen molar-refractivity contribution in [2.24, 2.45) is 0 Å². The first kappa shape index (κ1) is 17.6. The third-order valence-electron chi connectivity index (χ3n) is 4.34. The zero-order chi connectivity index (χ0) is 18.8. The second kappa shape index (κ2) is 6.96. The van der Waals surface area contributed by atoms with Crippen molar-refractivity contribution in [1.82, 2.24) is 10.2 Å². The van der Waals surface area contributed by atoms with Gasteiger partial charge >= 0.3 is 0 Å². The van der Waals surface area contributed by atoms with Gasteiger partial charge in [-0.3, -0.25) is 29.4 Å². The van der Waals surface area contributed by atoms with E-state index in [1.165, 1.54) is 6.07 Å². The van der Waals surface area contributed by atoms with Crippen molar-refractivity contribution in [2.45, 2.75) is 31.7 Å². The molecule has 1 atom stereocenters. The highest BCUT2D eigenvalue weighted by molar-refractivity contribution is 6.23. The first-order valence-electron chi connectivity index (χ1n) is 8.16. The number of nitrogens with zero attached hydrogens (tertiary/aromatic N) is 1. The predicted molar refractivity (Wildman–Crippen MR) is 89.6 cm³/mol. The molecule has 26 heavy (non-hydrogen) atoms. The molecular formula is C18H16FN3O4. The molecule has 2 aliphatic heterocycles. The summed E-state index contributed by atoms with van der Waals surface area (Å²) in [4.78, 5) is 49.2. The van der Waals surface area contributed by atoms with Gasteiger partial charge < -0.3 is 5.32 Å². The van der Waals surface area contributed by atoms with Gasteiger partial charge in [-0.05, 0) is 25.0 Å². The van der Waals surface area contributed by atoms with Crippen LogP contribution in [-0.2, 0) is 9.59 Å². The van der Waals surface area contributed by atoms with Crippen molar-refractivity contribution in [3.63, 3.8) is 0 Å². The van der Waals surface area contributed by atoms with E-state index in [1.807, 2.05) is 0 Å². The highest BCUT2D eigenvalue weighted by Crippen LogP contribution is 2.31. The van der Waals surface area contributed by atoms with E-state index >= 15 is 0 Å². The molecule has 2 N–H and O–H groups in total. The largest absolute Gasteiger partial charge is 0.383 e. The lowest BCUT2D eigenvalue weighted by Gasteiger charge is -2.27. The molecule has 8 heteroatoms. The number of terminal acetylenes is 1. The lowest BCUT2D eigenvalue weighted by atomic mass is 10.0. The maximum Gasteiger partial charge on any atom is 0.262 e. The fourth-order valence-corrected chi connectivity index (χ4v) is 3.04. The second-order valence-electron chi connectivity index (χ2n) is 6.06. The summed E-state index contributed by atoms with van der Waals surface area (Å²) in [5, 5.41) is 4.96.